The number of aliphatic hydroxyl groups is 1. The second kappa shape index (κ2) is 9.36. The van der Waals surface area contributed by atoms with Crippen LogP contribution in [0.3, 0.4) is 0 Å². The molecule has 1 atom stereocenters. The molecule has 0 aliphatic carbocycles. The second-order valence-electron chi connectivity index (χ2n) is 5.20. The first-order valence-corrected chi connectivity index (χ1v) is 5.70. The van der Waals surface area contributed by atoms with Crippen molar-refractivity contribution in [2.45, 2.75) is 32.4 Å². The van der Waals surface area contributed by atoms with Crippen molar-refractivity contribution in [3.05, 3.63) is 0 Å². The van der Waals surface area contributed by atoms with Gasteiger partial charge in [0.15, 0.2) is 0 Å². The van der Waals surface area contributed by atoms with Gasteiger partial charge >= 0.3 is 0 Å². The zero-order chi connectivity index (χ0) is 11.3. The Morgan fingerprint density at radius 3 is 2.24 bits per heavy atom. The van der Waals surface area contributed by atoms with Gasteiger partial charge in [0, 0.05) is 31.7 Å². The second-order valence-corrected chi connectivity index (χ2v) is 5.20. The number of morpholine rings is 1. The van der Waals surface area contributed by atoms with Crippen LogP contribution in [0.25, 0.3) is 0 Å². The normalized spacial score (nSPS) is 19.1. The van der Waals surface area contributed by atoms with Gasteiger partial charge in [-0.15, -0.1) is 24.8 Å². The van der Waals surface area contributed by atoms with Gasteiger partial charge in [0.05, 0.1) is 19.3 Å². The average molecular weight is 289 g/mol. The van der Waals surface area contributed by atoms with Crippen LogP contribution in [0.15, 0.2) is 0 Å². The highest BCUT2D eigenvalue weighted by atomic mass is 35.5. The van der Waals surface area contributed by atoms with E-state index in [-0.39, 0.29) is 36.5 Å². The van der Waals surface area contributed by atoms with E-state index < -0.39 is 0 Å². The minimum atomic E-state index is -0.290. The summed E-state index contributed by atoms with van der Waals surface area (Å²) in [6, 6.07) is 0. The molecule has 1 rings (SSSR count). The maximum Gasteiger partial charge on any atom is 0.0791 e. The minimum Gasteiger partial charge on any atom is -0.390 e. The molecule has 0 aromatic carbocycles. The summed E-state index contributed by atoms with van der Waals surface area (Å²) >= 11 is 0. The zero-order valence-electron chi connectivity index (χ0n) is 10.9. The summed E-state index contributed by atoms with van der Waals surface area (Å²) in [6.07, 6.45) is -0.290. The lowest BCUT2D eigenvalue weighted by molar-refractivity contribution is 0.0139. The lowest BCUT2D eigenvalue weighted by Gasteiger charge is -2.30. The standard InChI is InChI=1S/C11H24N2O2.2ClH/c1-11(2,3)12-8-10(14)9-13-4-6-15-7-5-13;;/h10,12,14H,4-9H2,1-3H3;2*1H. The first kappa shape index (κ1) is 19.8. The van der Waals surface area contributed by atoms with Crippen molar-refractivity contribution in [2.24, 2.45) is 0 Å². The van der Waals surface area contributed by atoms with Crippen LogP contribution in [0.4, 0.5) is 0 Å². The first-order chi connectivity index (χ1) is 6.97. The molecule has 0 aromatic rings. The van der Waals surface area contributed by atoms with E-state index in [1.807, 2.05) is 0 Å². The molecule has 0 radical (unpaired) electrons. The van der Waals surface area contributed by atoms with Crippen LogP contribution in [0.5, 0.6) is 0 Å². The number of hydrogen-bond acceptors (Lipinski definition) is 4. The molecule has 0 spiro atoms. The summed E-state index contributed by atoms with van der Waals surface area (Å²) in [7, 11) is 0. The van der Waals surface area contributed by atoms with E-state index in [1.165, 1.54) is 0 Å². The van der Waals surface area contributed by atoms with Crippen LogP contribution in [0.2, 0.25) is 0 Å². The molecule has 106 valence electrons. The maximum atomic E-state index is 9.82. The van der Waals surface area contributed by atoms with Crippen LogP contribution < -0.4 is 5.32 Å². The van der Waals surface area contributed by atoms with Gasteiger partial charge in [-0.2, -0.15) is 0 Å². The summed E-state index contributed by atoms with van der Waals surface area (Å²) < 4.78 is 5.26. The van der Waals surface area contributed by atoms with E-state index >= 15 is 0 Å². The van der Waals surface area contributed by atoms with E-state index in [4.69, 9.17) is 4.74 Å². The van der Waals surface area contributed by atoms with E-state index in [0.29, 0.717) is 6.54 Å². The van der Waals surface area contributed by atoms with Gasteiger partial charge < -0.3 is 15.2 Å². The molecule has 1 aliphatic rings. The number of nitrogens with one attached hydrogen (secondary N) is 1. The molecule has 17 heavy (non-hydrogen) atoms. The van der Waals surface area contributed by atoms with Crippen LogP contribution >= 0.6 is 24.8 Å². The lowest BCUT2D eigenvalue weighted by atomic mass is 10.1. The van der Waals surface area contributed by atoms with Crippen molar-refractivity contribution < 1.29 is 9.84 Å². The molecular weight excluding hydrogens is 263 g/mol. The highest BCUT2D eigenvalue weighted by Gasteiger charge is 2.16. The number of ether oxygens (including phenoxy) is 1. The Kier molecular flexibility index (Phi) is 10.9. The van der Waals surface area contributed by atoms with Crippen molar-refractivity contribution in [3.63, 3.8) is 0 Å². The summed E-state index contributed by atoms with van der Waals surface area (Å²) in [4.78, 5) is 2.25. The number of halogens is 2. The molecular formula is C11H26Cl2N2O2. The quantitative estimate of drug-likeness (QED) is 0.807. The molecule has 6 heteroatoms. The third kappa shape index (κ3) is 10.1. The number of β-amino-alcohol motifs (C(OH)–C–C–N with tert-alkyl or cyclic N) is 1. The predicted octanol–water partition coefficient (Wildman–Crippen LogP) is 0.911. The monoisotopic (exact) mass is 288 g/mol. The third-order valence-corrected chi connectivity index (χ3v) is 2.44. The Bertz CT molecular complexity index is 183. The fraction of sp³-hybridized carbons (Fsp3) is 1.00. The van der Waals surface area contributed by atoms with Crippen LogP contribution in [0, 0.1) is 0 Å². The van der Waals surface area contributed by atoms with E-state index in [1.54, 1.807) is 0 Å². The number of hydrogen-bond donors (Lipinski definition) is 2. The Morgan fingerprint density at radius 1 is 1.24 bits per heavy atom. The van der Waals surface area contributed by atoms with Crippen molar-refractivity contribution in [2.75, 3.05) is 39.4 Å². The SMILES string of the molecule is CC(C)(C)NCC(O)CN1CCOCC1.Cl.Cl. The fourth-order valence-corrected chi connectivity index (χ4v) is 1.57. The molecule has 4 nitrogen and oxygen atoms in total. The van der Waals surface area contributed by atoms with Gasteiger partial charge in [0.1, 0.15) is 0 Å². The van der Waals surface area contributed by atoms with Crippen molar-refractivity contribution in [1.29, 1.82) is 0 Å². The summed E-state index contributed by atoms with van der Waals surface area (Å²) in [5.74, 6) is 0. The Hall–Kier alpha value is 0.420. The van der Waals surface area contributed by atoms with Gasteiger partial charge in [0.25, 0.3) is 0 Å². The number of nitrogens with zero attached hydrogens (tertiary/aromatic N) is 1. The van der Waals surface area contributed by atoms with Gasteiger partial charge in [-0.05, 0) is 20.8 Å². The van der Waals surface area contributed by atoms with Crippen molar-refractivity contribution in [1.82, 2.24) is 10.2 Å². The molecule has 1 heterocycles. The zero-order valence-corrected chi connectivity index (χ0v) is 12.6. The summed E-state index contributed by atoms with van der Waals surface area (Å²) in [6.45, 7) is 11.2. The van der Waals surface area contributed by atoms with Gasteiger partial charge in [0.2, 0.25) is 0 Å². The largest absolute Gasteiger partial charge is 0.390 e. The van der Waals surface area contributed by atoms with Gasteiger partial charge in [-0.25, -0.2) is 0 Å². The van der Waals surface area contributed by atoms with E-state index in [2.05, 4.69) is 31.0 Å². The minimum absolute atomic E-state index is 0. The maximum absolute atomic E-state index is 9.82. The predicted molar refractivity (Wildman–Crippen MR) is 75.5 cm³/mol. The molecule has 1 aliphatic heterocycles. The third-order valence-electron chi connectivity index (χ3n) is 2.44. The Labute approximate surface area is 117 Å². The fourth-order valence-electron chi connectivity index (χ4n) is 1.57. The van der Waals surface area contributed by atoms with Crippen molar-refractivity contribution in [3.8, 4) is 0 Å². The number of aliphatic hydroxyl groups excluding tert-OH is 1. The molecule has 0 bridgehead atoms. The van der Waals surface area contributed by atoms with Crippen LogP contribution in [-0.2, 0) is 4.74 Å². The van der Waals surface area contributed by atoms with E-state index in [0.717, 1.165) is 32.8 Å². The average Bonchev–Trinajstić information content (AvgIpc) is 2.15. The highest BCUT2D eigenvalue weighted by molar-refractivity contribution is 5.85. The molecule has 1 fully saturated rings. The van der Waals surface area contributed by atoms with Gasteiger partial charge in [-0.1, -0.05) is 0 Å². The van der Waals surface area contributed by atoms with Crippen LogP contribution in [0.1, 0.15) is 20.8 Å². The topological polar surface area (TPSA) is 44.7 Å². The summed E-state index contributed by atoms with van der Waals surface area (Å²) in [5, 5.41) is 13.1. The Balaban J connectivity index is 0. The van der Waals surface area contributed by atoms with E-state index in [9.17, 15) is 5.11 Å². The van der Waals surface area contributed by atoms with Crippen LogP contribution in [-0.4, -0.2) is 61.0 Å². The summed E-state index contributed by atoms with van der Waals surface area (Å²) in [5.41, 5.74) is 0.0754. The molecule has 0 amide bonds. The first-order valence-electron chi connectivity index (χ1n) is 5.70. The molecule has 1 saturated heterocycles. The van der Waals surface area contributed by atoms with Crippen molar-refractivity contribution >= 4 is 24.8 Å². The molecule has 0 saturated carbocycles. The molecule has 0 aromatic heterocycles. The highest BCUT2D eigenvalue weighted by Crippen LogP contribution is 2.01. The molecule has 2 N–H and O–H groups in total. The Morgan fingerprint density at radius 2 is 1.76 bits per heavy atom. The lowest BCUT2D eigenvalue weighted by Crippen LogP contribution is -2.47. The smallest absolute Gasteiger partial charge is 0.0791 e. The number of rotatable bonds is 4. The molecule has 1 unspecified atom stereocenters. The van der Waals surface area contributed by atoms with Gasteiger partial charge in [-0.3, -0.25) is 4.90 Å².